The molecule has 1 saturated heterocycles. The van der Waals surface area contributed by atoms with Crippen LogP contribution < -0.4 is 10.9 Å². The molecule has 5 nitrogen and oxygen atoms in total. The first-order valence-electron chi connectivity index (χ1n) is 8.14. The van der Waals surface area contributed by atoms with Crippen LogP contribution in [0.3, 0.4) is 0 Å². The first-order valence-corrected chi connectivity index (χ1v) is 9.74. The Kier molecular flexibility index (Phi) is 6.49. The van der Waals surface area contributed by atoms with Gasteiger partial charge in [-0.2, -0.15) is 0 Å². The number of hydrazine groups is 1. The van der Waals surface area contributed by atoms with E-state index in [2.05, 4.69) is 10.9 Å². The van der Waals surface area contributed by atoms with Gasteiger partial charge in [0.2, 0.25) is 5.91 Å². The molecule has 0 bridgehead atoms. The monoisotopic (exact) mass is 417 g/mol. The Morgan fingerprint density at radius 1 is 1.15 bits per heavy atom. The summed E-state index contributed by atoms with van der Waals surface area (Å²) < 4.78 is 0.433. The van der Waals surface area contributed by atoms with Crippen molar-refractivity contribution in [2.75, 3.05) is 12.0 Å². The van der Waals surface area contributed by atoms with Gasteiger partial charge in [-0.25, -0.2) is 0 Å². The van der Waals surface area contributed by atoms with E-state index in [0.29, 0.717) is 14.2 Å². The third kappa shape index (κ3) is 5.09. The average Bonchev–Trinajstić information content (AvgIpc) is 2.94. The lowest BCUT2D eigenvalue weighted by molar-refractivity contribution is -0.123. The number of benzene rings is 2. The van der Waals surface area contributed by atoms with Crippen molar-refractivity contribution in [3.63, 3.8) is 0 Å². The average molecular weight is 418 g/mol. The number of hydrogen-bond donors (Lipinski definition) is 2. The minimum Gasteiger partial charge on any atom is -0.299 e. The molecule has 138 valence electrons. The molecule has 0 aliphatic carbocycles. The van der Waals surface area contributed by atoms with Gasteiger partial charge in [0.15, 0.2) is 0 Å². The zero-order valence-electron chi connectivity index (χ0n) is 14.1. The number of amides is 2. The van der Waals surface area contributed by atoms with Crippen LogP contribution in [0.15, 0.2) is 59.5 Å². The Morgan fingerprint density at radius 3 is 2.59 bits per heavy atom. The van der Waals surface area contributed by atoms with Crippen LogP contribution in [0.5, 0.6) is 0 Å². The van der Waals surface area contributed by atoms with Crippen LogP contribution in [0.2, 0.25) is 5.02 Å². The van der Waals surface area contributed by atoms with E-state index in [1.165, 1.54) is 16.7 Å². The molecule has 3 rings (SSSR count). The number of thioether (sulfide) groups is 1. The maximum Gasteiger partial charge on any atom is 0.266 e. The van der Waals surface area contributed by atoms with Gasteiger partial charge >= 0.3 is 0 Å². The highest BCUT2D eigenvalue weighted by Crippen LogP contribution is 2.33. The van der Waals surface area contributed by atoms with E-state index in [4.69, 9.17) is 23.8 Å². The largest absolute Gasteiger partial charge is 0.299 e. The summed E-state index contributed by atoms with van der Waals surface area (Å²) in [5.74, 6) is -0.447. The normalized spacial score (nSPS) is 15.3. The second-order valence-electron chi connectivity index (χ2n) is 5.64. The molecule has 0 aromatic heterocycles. The second-order valence-corrected chi connectivity index (χ2v) is 7.73. The molecular formula is C19H16ClN3O2S2. The number of nitrogens with zero attached hydrogens (tertiary/aromatic N) is 1. The number of thiocarbonyl (C=S) groups is 1. The van der Waals surface area contributed by atoms with Crippen molar-refractivity contribution in [2.24, 2.45) is 0 Å². The Balaban J connectivity index is 1.56. The van der Waals surface area contributed by atoms with Gasteiger partial charge in [0.1, 0.15) is 4.32 Å². The van der Waals surface area contributed by atoms with E-state index in [1.54, 1.807) is 12.1 Å². The molecule has 2 amide bonds. The van der Waals surface area contributed by atoms with E-state index in [-0.39, 0.29) is 24.8 Å². The molecule has 0 spiro atoms. The van der Waals surface area contributed by atoms with Crippen molar-refractivity contribution < 1.29 is 9.59 Å². The van der Waals surface area contributed by atoms with Gasteiger partial charge in [-0.1, -0.05) is 72.0 Å². The molecule has 27 heavy (non-hydrogen) atoms. The molecule has 1 aliphatic heterocycles. The topological polar surface area (TPSA) is 61.4 Å². The lowest BCUT2D eigenvalue weighted by Gasteiger charge is -2.14. The lowest BCUT2D eigenvalue weighted by Crippen LogP contribution is -2.35. The molecule has 1 aliphatic rings. The van der Waals surface area contributed by atoms with Crippen molar-refractivity contribution in [2.45, 2.75) is 6.42 Å². The van der Waals surface area contributed by atoms with Crippen LogP contribution >= 0.6 is 35.6 Å². The van der Waals surface area contributed by atoms with Crippen molar-refractivity contribution in [3.8, 4) is 0 Å². The standard InChI is InChI=1S/C19H16ClN3O2S2/c20-15-9-5-4-6-13(15)12-16-18(25)23(19(26)27-16)11-10-17(24)22-21-14-7-2-1-3-8-14/h1-9,12,21H,10-11H2,(H,22,24)/b16-12-. The molecule has 1 fully saturated rings. The van der Waals surface area contributed by atoms with Crippen LogP contribution in [0.1, 0.15) is 12.0 Å². The minimum atomic E-state index is -0.233. The first-order chi connectivity index (χ1) is 13.0. The fraction of sp³-hybridized carbons (Fsp3) is 0.105. The highest BCUT2D eigenvalue weighted by atomic mass is 35.5. The van der Waals surface area contributed by atoms with E-state index >= 15 is 0 Å². The second kappa shape index (κ2) is 9.03. The summed E-state index contributed by atoms with van der Waals surface area (Å²) in [5, 5.41) is 0.564. The fourth-order valence-corrected chi connectivity index (χ4v) is 3.86. The molecule has 0 saturated carbocycles. The maximum atomic E-state index is 12.6. The maximum absolute atomic E-state index is 12.6. The van der Waals surface area contributed by atoms with Gasteiger partial charge in [-0.3, -0.25) is 25.3 Å². The molecule has 2 aromatic rings. The summed E-state index contributed by atoms with van der Waals surface area (Å²) >= 11 is 12.6. The van der Waals surface area contributed by atoms with E-state index < -0.39 is 0 Å². The van der Waals surface area contributed by atoms with Crippen LogP contribution in [0.25, 0.3) is 6.08 Å². The van der Waals surface area contributed by atoms with Crippen LogP contribution in [0, 0.1) is 0 Å². The van der Waals surface area contributed by atoms with Crippen molar-refractivity contribution in [1.29, 1.82) is 0 Å². The number of nitrogens with one attached hydrogen (secondary N) is 2. The zero-order valence-corrected chi connectivity index (χ0v) is 16.5. The number of carbonyl (C=O) groups excluding carboxylic acids is 2. The predicted octanol–water partition coefficient (Wildman–Crippen LogP) is 4.07. The molecular weight excluding hydrogens is 402 g/mol. The molecule has 2 N–H and O–H groups in total. The van der Waals surface area contributed by atoms with Gasteiger partial charge in [0, 0.05) is 18.0 Å². The minimum absolute atomic E-state index is 0.131. The number of hydrogen-bond acceptors (Lipinski definition) is 5. The molecule has 2 aromatic carbocycles. The molecule has 0 atom stereocenters. The number of carbonyl (C=O) groups is 2. The molecule has 8 heteroatoms. The lowest BCUT2D eigenvalue weighted by atomic mass is 10.2. The van der Waals surface area contributed by atoms with E-state index in [1.807, 2.05) is 48.5 Å². The van der Waals surface area contributed by atoms with Gasteiger partial charge in [-0.05, 0) is 29.8 Å². The fourth-order valence-electron chi connectivity index (χ4n) is 2.37. The Labute approximate surface area is 171 Å². The number of anilines is 1. The number of rotatable bonds is 6. The van der Waals surface area contributed by atoms with Crippen molar-refractivity contribution in [3.05, 3.63) is 70.1 Å². The van der Waals surface area contributed by atoms with Crippen LogP contribution in [-0.2, 0) is 9.59 Å². The predicted molar refractivity (Wildman–Crippen MR) is 114 cm³/mol. The molecule has 1 heterocycles. The summed E-state index contributed by atoms with van der Waals surface area (Å²) in [6.45, 7) is 0.215. The third-order valence-corrected chi connectivity index (χ3v) is 5.47. The van der Waals surface area contributed by atoms with Crippen molar-refractivity contribution >= 4 is 63.5 Å². The Bertz CT molecular complexity index is 903. The van der Waals surface area contributed by atoms with Crippen LogP contribution in [0.4, 0.5) is 5.69 Å². The first kappa shape index (κ1) is 19.4. The smallest absolute Gasteiger partial charge is 0.266 e. The highest BCUT2D eigenvalue weighted by Gasteiger charge is 2.32. The third-order valence-electron chi connectivity index (χ3n) is 3.75. The number of para-hydroxylation sites is 1. The Morgan fingerprint density at radius 2 is 1.85 bits per heavy atom. The zero-order chi connectivity index (χ0) is 19.2. The van der Waals surface area contributed by atoms with Crippen molar-refractivity contribution in [1.82, 2.24) is 10.3 Å². The van der Waals surface area contributed by atoms with Gasteiger partial charge in [0.25, 0.3) is 5.91 Å². The quantitative estimate of drug-likeness (QED) is 0.421. The SMILES string of the molecule is O=C(CCN1C(=O)/C(=C/c2ccccc2Cl)SC1=S)NNc1ccccc1. The van der Waals surface area contributed by atoms with E-state index in [0.717, 1.165) is 11.3 Å². The summed E-state index contributed by atoms with van der Waals surface area (Å²) in [6, 6.07) is 16.5. The van der Waals surface area contributed by atoms with Gasteiger partial charge in [-0.15, -0.1) is 0 Å². The van der Waals surface area contributed by atoms with Crippen LogP contribution in [-0.4, -0.2) is 27.6 Å². The van der Waals surface area contributed by atoms with Gasteiger partial charge in [0.05, 0.1) is 10.6 Å². The summed E-state index contributed by atoms with van der Waals surface area (Å²) in [6.07, 6.45) is 1.85. The summed E-state index contributed by atoms with van der Waals surface area (Å²) in [4.78, 5) is 26.5. The number of halogens is 1. The highest BCUT2D eigenvalue weighted by molar-refractivity contribution is 8.26. The van der Waals surface area contributed by atoms with Gasteiger partial charge < -0.3 is 0 Å². The van der Waals surface area contributed by atoms with E-state index in [9.17, 15) is 9.59 Å². The summed E-state index contributed by atoms with van der Waals surface area (Å²) in [5.41, 5.74) is 6.96. The Hall–Kier alpha value is -2.35. The molecule has 0 unspecified atom stereocenters. The molecule has 0 radical (unpaired) electrons. The summed E-state index contributed by atoms with van der Waals surface area (Å²) in [7, 11) is 0.